The minimum absolute atomic E-state index is 0.181. The molecule has 4 heteroatoms. The number of carbonyl (C=O) groups is 1. The van der Waals surface area contributed by atoms with Gasteiger partial charge < -0.3 is 10.6 Å². The van der Waals surface area contributed by atoms with Crippen LogP contribution in [0.3, 0.4) is 0 Å². The van der Waals surface area contributed by atoms with Crippen molar-refractivity contribution in [3.8, 4) is 0 Å². The predicted octanol–water partition coefficient (Wildman–Crippen LogP) is 2.24. The normalized spacial score (nSPS) is 22.2. The lowest BCUT2D eigenvalue weighted by molar-refractivity contribution is -0.126. The first kappa shape index (κ1) is 11.9. The third-order valence-corrected chi connectivity index (χ3v) is 3.37. The molecule has 1 saturated heterocycles. The van der Waals surface area contributed by atoms with Gasteiger partial charge in [0.15, 0.2) is 0 Å². The van der Waals surface area contributed by atoms with Gasteiger partial charge in [-0.3, -0.25) is 4.79 Å². The molecule has 2 aromatic rings. The van der Waals surface area contributed by atoms with E-state index in [1.54, 1.807) is 17.0 Å². The lowest BCUT2D eigenvalue weighted by Gasteiger charge is -2.45. The molecule has 0 aromatic heterocycles. The van der Waals surface area contributed by atoms with E-state index < -0.39 is 6.04 Å². The largest absolute Gasteiger partial charge is 0.318 e. The number of anilines is 1. The van der Waals surface area contributed by atoms with Crippen molar-refractivity contribution in [3.63, 3.8) is 0 Å². The van der Waals surface area contributed by atoms with Crippen LogP contribution >= 0.6 is 0 Å². The van der Waals surface area contributed by atoms with Crippen LogP contribution in [0.4, 0.5) is 10.1 Å². The molecule has 1 aliphatic rings. The van der Waals surface area contributed by atoms with Gasteiger partial charge in [0.05, 0.1) is 6.04 Å². The van der Waals surface area contributed by atoms with Crippen molar-refractivity contribution in [2.24, 2.45) is 5.73 Å². The molecule has 3 rings (SSSR count). The standard InChI is InChI=1S/C15H13FN2O/c16-11-7-4-8-12(9-11)18-14(13(17)15(18)19)10-5-2-1-3-6-10/h1-9,13-14H,17H2/t13-,14-/m1/s1. The van der Waals surface area contributed by atoms with E-state index in [9.17, 15) is 9.18 Å². The average molecular weight is 256 g/mol. The van der Waals surface area contributed by atoms with Gasteiger partial charge in [0, 0.05) is 5.69 Å². The molecule has 2 atom stereocenters. The fraction of sp³-hybridized carbons (Fsp3) is 0.133. The van der Waals surface area contributed by atoms with E-state index in [-0.39, 0.29) is 17.8 Å². The number of halogens is 1. The van der Waals surface area contributed by atoms with E-state index in [0.717, 1.165) is 5.56 Å². The molecular weight excluding hydrogens is 243 g/mol. The van der Waals surface area contributed by atoms with Gasteiger partial charge in [0.1, 0.15) is 11.9 Å². The second-order valence-corrected chi connectivity index (χ2v) is 4.57. The molecule has 1 heterocycles. The lowest BCUT2D eigenvalue weighted by atomic mass is 9.88. The van der Waals surface area contributed by atoms with Crippen molar-refractivity contribution < 1.29 is 9.18 Å². The number of benzene rings is 2. The van der Waals surface area contributed by atoms with Crippen molar-refractivity contribution in [3.05, 3.63) is 66.0 Å². The van der Waals surface area contributed by atoms with Gasteiger partial charge >= 0.3 is 0 Å². The number of carbonyl (C=O) groups excluding carboxylic acids is 1. The van der Waals surface area contributed by atoms with Crippen molar-refractivity contribution in [1.82, 2.24) is 0 Å². The Balaban J connectivity index is 1.98. The van der Waals surface area contributed by atoms with E-state index >= 15 is 0 Å². The van der Waals surface area contributed by atoms with Gasteiger partial charge in [0.2, 0.25) is 5.91 Å². The molecule has 19 heavy (non-hydrogen) atoms. The predicted molar refractivity (Wildman–Crippen MR) is 71.0 cm³/mol. The summed E-state index contributed by atoms with van der Waals surface area (Å²) < 4.78 is 13.3. The first-order chi connectivity index (χ1) is 9.18. The Morgan fingerprint density at radius 1 is 1.05 bits per heavy atom. The number of rotatable bonds is 2. The van der Waals surface area contributed by atoms with Crippen LogP contribution in [-0.4, -0.2) is 11.9 Å². The maximum absolute atomic E-state index is 13.3. The van der Waals surface area contributed by atoms with Gasteiger partial charge in [-0.15, -0.1) is 0 Å². The number of amides is 1. The summed E-state index contributed by atoms with van der Waals surface area (Å²) >= 11 is 0. The molecule has 3 nitrogen and oxygen atoms in total. The average Bonchev–Trinajstić information content (AvgIpc) is 2.44. The van der Waals surface area contributed by atoms with E-state index in [1.165, 1.54) is 12.1 Å². The Bertz CT molecular complexity index is 615. The van der Waals surface area contributed by atoms with Crippen LogP contribution in [0.2, 0.25) is 0 Å². The van der Waals surface area contributed by atoms with E-state index in [1.807, 2.05) is 30.3 Å². The highest BCUT2D eigenvalue weighted by Crippen LogP contribution is 2.38. The van der Waals surface area contributed by atoms with Crippen molar-refractivity contribution in [2.45, 2.75) is 12.1 Å². The molecule has 2 aromatic carbocycles. The van der Waals surface area contributed by atoms with E-state index in [0.29, 0.717) is 5.69 Å². The maximum Gasteiger partial charge on any atom is 0.247 e. The van der Waals surface area contributed by atoms with E-state index in [2.05, 4.69) is 0 Å². The van der Waals surface area contributed by atoms with Gasteiger partial charge in [0.25, 0.3) is 0 Å². The topological polar surface area (TPSA) is 46.3 Å². The first-order valence-electron chi connectivity index (χ1n) is 6.07. The van der Waals surface area contributed by atoms with Crippen LogP contribution < -0.4 is 10.6 Å². The Labute approximate surface area is 110 Å². The number of β-lactam (4-membered cyclic amide) rings is 1. The zero-order valence-electron chi connectivity index (χ0n) is 10.2. The number of nitrogens with zero attached hydrogens (tertiary/aromatic N) is 1. The van der Waals surface area contributed by atoms with Crippen LogP contribution in [0, 0.1) is 5.82 Å². The highest BCUT2D eigenvalue weighted by atomic mass is 19.1. The van der Waals surface area contributed by atoms with Crippen LogP contribution in [0.15, 0.2) is 54.6 Å². The molecule has 0 saturated carbocycles. The number of hydrogen-bond donors (Lipinski definition) is 1. The van der Waals surface area contributed by atoms with Crippen molar-refractivity contribution in [2.75, 3.05) is 4.90 Å². The first-order valence-corrected chi connectivity index (χ1v) is 6.07. The Morgan fingerprint density at radius 2 is 1.79 bits per heavy atom. The number of hydrogen-bond acceptors (Lipinski definition) is 2. The third-order valence-electron chi connectivity index (χ3n) is 3.37. The third kappa shape index (κ3) is 1.90. The van der Waals surface area contributed by atoms with Gasteiger partial charge in [-0.25, -0.2) is 4.39 Å². The summed E-state index contributed by atoms with van der Waals surface area (Å²) in [6, 6.07) is 14.7. The second-order valence-electron chi connectivity index (χ2n) is 4.57. The maximum atomic E-state index is 13.3. The molecule has 1 aliphatic heterocycles. The zero-order valence-corrected chi connectivity index (χ0v) is 10.2. The number of nitrogens with two attached hydrogens (primary N) is 1. The molecule has 0 spiro atoms. The Kier molecular flexibility index (Phi) is 2.80. The summed E-state index contributed by atoms with van der Waals surface area (Å²) in [6.07, 6.45) is 0. The molecule has 96 valence electrons. The molecule has 1 amide bonds. The summed E-state index contributed by atoms with van der Waals surface area (Å²) in [5.41, 5.74) is 7.38. The van der Waals surface area contributed by atoms with Crippen LogP contribution in [0.25, 0.3) is 0 Å². The minimum atomic E-state index is -0.564. The van der Waals surface area contributed by atoms with Crippen molar-refractivity contribution in [1.29, 1.82) is 0 Å². The van der Waals surface area contributed by atoms with Crippen LogP contribution in [0.5, 0.6) is 0 Å². The molecule has 1 fully saturated rings. The van der Waals surface area contributed by atoms with Crippen LogP contribution in [0.1, 0.15) is 11.6 Å². The summed E-state index contributed by atoms with van der Waals surface area (Å²) in [5, 5.41) is 0. The van der Waals surface area contributed by atoms with Crippen LogP contribution in [-0.2, 0) is 4.79 Å². The second kappa shape index (κ2) is 4.48. The quantitative estimate of drug-likeness (QED) is 0.838. The lowest BCUT2D eigenvalue weighted by Crippen LogP contribution is -2.63. The highest BCUT2D eigenvalue weighted by molar-refractivity contribution is 6.05. The minimum Gasteiger partial charge on any atom is -0.318 e. The molecule has 0 radical (unpaired) electrons. The molecule has 0 unspecified atom stereocenters. The summed E-state index contributed by atoms with van der Waals surface area (Å²) in [5.74, 6) is -0.544. The smallest absolute Gasteiger partial charge is 0.247 e. The van der Waals surface area contributed by atoms with Crippen molar-refractivity contribution >= 4 is 11.6 Å². The SMILES string of the molecule is N[C@H]1C(=O)N(c2cccc(F)c2)[C@@H]1c1ccccc1. The van der Waals surface area contributed by atoms with Gasteiger partial charge in [-0.2, -0.15) is 0 Å². The highest BCUT2D eigenvalue weighted by Gasteiger charge is 2.46. The molecule has 0 aliphatic carbocycles. The Hall–Kier alpha value is -2.20. The zero-order chi connectivity index (χ0) is 13.4. The summed E-state index contributed by atoms with van der Waals surface area (Å²) in [4.78, 5) is 13.5. The fourth-order valence-electron chi connectivity index (χ4n) is 2.43. The Morgan fingerprint density at radius 3 is 2.47 bits per heavy atom. The van der Waals surface area contributed by atoms with Gasteiger partial charge in [-0.05, 0) is 23.8 Å². The molecular formula is C15H13FN2O. The molecule has 0 bridgehead atoms. The fourth-order valence-corrected chi connectivity index (χ4v) is 2.43. The van der Waals surface area contributed by atoms with Gasteiger partial charge in [-0.1, -0.05) is 36.4 Å². The summed E-state index contributed by atoms with van der Waals surface area (Å²) in [6.45, 7) is 0. The molecule has 2 N–H and O–H groups in total. The van der Waals surface area contributed by atoms with E-state index in [4.69, 9.17) is 5.73 Å². The summed E-state index contributed by atoms with van der Waals surface area (Å²) in [7, 11) is 0. The monoisotopic (exact) mass is 256 g/mol.